The van der Waals surface area contributed by atoms with Crippen LogP contribution in [0.1, 0.15) is 59.3 Å². The average molecular weight is 266 g/mol. The van der Waals surface area contributed by atoms with E-state index in [1.165, 1.54) is 38.5 Å². The van der Waals surface area contributed by atoms with Gasteiger partial charge in [-0.25, -0.2) is 0 Å². The molecule has 1 aliphatic heterocycles. The molecule has 1 heterocycles. The van der Waals surface area contributed by atoms with E-state index in [1.54, 1.807) is 0 Å². The molecule has 0 aromatic carbocycles. The molecule has 1 saturated carbocycles. The molecule has 0 aromatic rings. The molecule has 3 heteroatoms. The van der Waals surface area contributed by atoms with Crippen LogP contribution in [0.5, 0.6) is 0 Å². The number of likely N-dealkylation sites (tertiary alicyclic amines) is 1. The van der Waals surface area contributed by atoms with Gasteiger partial charge in [-0.15, -0.1) is 0 Å². The molecule has 3 nitrogen and oxygen atoms in total. The van der Waals surface area contributed by atoms with Gasteiger partial charge in [-0.3, -0.25) is 4.79 Å². The number of hydrogen-bond acceptors (Lipinski definition) is 2. The Morgan fingerprint density at radius 2 is 1.63 bits per heavy atom. The first-order valence-electron chi connectivity index (χ1n) is 8.12. The lowest BCUT2D eigenvalue weighted by molar-refractivity contribution is -0.132. The second kappa shape index (κ2) is 6.74. The Hall–Kier alpha value is -0.570. The zero-order chi connectivity index (χ0) is 13.8. The van der Waals surface area contributed by atoms with Crippen LogP contribution >= 0.6 is 0 Å². The highest BCUT2D eigenvalue weighted by molar-refractivity contribution is 5.81. The lowest BCUT2D eigenvalue weighted by Gasteiger charge is -2.33. The normalized spacial score (nSPS) is 29.8. The maximum absolute atomic E-state index is 12.3. The molecule has 1 amide bonds. The lowest BCUT2D eigenvalue weighted by atomic mass is 9.79. The zero-order valence-corrected chi connectivity index (χ0v) is 12.8. The Balaban J connectivity index is 1.74. The summed E-state index contributed by atoms with van der Waals surface area (Å²) >= 11 is 0. The first-order valence-corrected chi connectivity index (χ1v) is 8.12. The molecule has 1 aliphatic carbocycles. The van der Waals surface area contributed by atoms with Gasteiger partial charge >= 0.3 is 0 Å². The molecule has 1 atom stereocenters. The fourth-order valence-electron chi connectivity index (χ4n) is 3.59. The minimum atomic E-state index is -0.00120. The largest absolute Gasteiger partial charge is 0.341 e. The van der Waals surface area contributed by atoms with E-state index in [-0.39, 0.29) is 6.04 Å². The fraction of sp³-hybridized carbons (Fsp3) is 0.938. The lowest BCUT2D eigenvalue weighted by Crippen LogP contribution is -2.48. The molecule has 1 unspecified atom stereocenters. The van der Waals surface area contributed by atoms with Gasteiger partial charge in [0.15, 0.2) is 0 Å². The molecule has 2 rings (SSSR count). The number of nitrogens with one attached hydrogen (secondary N) is 1. The van der Waals surface area contributed by atoms with Crippen LogP contribution in [0.25, 0.3) is 0 Å². The molecule has 0 spiro atoms. The summed E-state index contributed by atoms with van der Waals surface area (Å²) in [5.74, 6) is 2.01. The molecule has 19 heavy (non-hydrogen) atoms. The minimum Gasteiger partial charge on any atom is -0.341 e. The Morgan fingerprint density at radius 3 is 2.16 bits per heavy atom. The van der Waals surface area contributed by atoms with Crippen molar-refractivity contribution in [1.82, 2.24) is 10.2 Å². The topological polar surface area (TPSA) is 32.3 Å². The molecule has 0 radical (unpaired) electrons. The van der Waals surface area contributed by atoms with Gasteiger partial charge in [-0.2, -0.15) is 0 Å². The van der Waals surface area contributed by atoms with Gasteiger partial charge in [0.25, 0.3) is 0 Å². The molecule has 110 valence electrons. The summed E-state index contributed by atoms with van der Waals surface area (Å²) in [6.45, 7) is 8.63. The van der Waals surface area contributed by atoms with E-state index in [1.807, 2.05) is 11.8 Å². The maximum Gasteiger partial charge on any atom is 0.239 e. The van der Waals surface area contributed by atoms with Gasteiger partial charge < -0.3 is 10.2 Å². The summed E-state index contributed by atoms with van der Waals surface area (Å²) in [6.07, 6.45) is 7.47. The van der Waals surface area contributed by atoms with Crippen LogP contribution in [-0.4, -0.2) is 36.0 Å². The Morgan fingerprint density at radius 1 is 1.05 bits per heavy atom. The number of rotatable bonds is 4. The van der Waals surface area contributed by atoms with Gasteiger partial charge in [0, 0.05) is 19.1 Å². The van der Waals surface area contributed by atoms with Crippen molar-refractivity contribution in [3.05, 3.63) is 0 Å². The van der Waals surface area contributed by atoms with E-state index in [2.05, 4.69) is 19.2 Å². The van der Waals surface area contributed by atoms with E-state index >= 15 is 0 Å². The SMILES string of the molecule is CC(NC1CCC(C(C)C)CC1)C(=O)N1CCCC1. The van der Waals surface area contributed by atoms with Crippen LogP contribution in [0.2, 0.25) is 0 Å². The summed E-state index contributed by atoms with van der Waals surface area (Å²) in [7, 11) is 0. The molecule has 1 N–H and O–H groups in total. The van der Waals surface area contributed by atoms with Gasteiger partial charge in [0.05, 0.1) is 6.04 Å². The van der Waals surface area contributed by atoms with Gasteiger partial charge in [0.1, 0.15) is 0 Å². The third-order valence-corrected chi connectivity index (χ3v) is 4.99. The Bertz CT molecular complexity index is 289. The molecular weight excluding hydrogens is 236 g/mol. The van der Waals surface area contributed by atoms with Crippen LogP contribution in [0.4, 0.5) is 0 Å². The molecule has 0 bridgehead atoms. The summed E-state index contributed by atoms with van der Waals surface area (Å²) in [5, 5.41) is 3.56. The summed E-state index contributed by atoms with van der Waals surface area (Å²) in [4.78, 5) is 14.3. The number of hydrogen-bond donors (Lipinski definition) is 1. The number of amides is 1. The predicted molar refractivity (Wildman–Crippen MR) is 79.0 cm³/mol. The monoisotopic (exact) mass is 266 g/mol. The highest BCUT2D eigenvalue weighted by Gasteiger charge is 2.28. The van der Waals surface area contributed by atoms with Crippen molar-refractivity contribution in [3.8, 4) is 0 Å². The Kier molecular flexibility index (Phi) is 5.26. The van der Waals surface area contributed by atoms with Crippen molar-refractivity contribution in [2.24, 2.45) is 11.8 Å². The van der Waals surface area contributed by atoms with Crippen molar-refractivity contribution >= 4 is 5.91 Å². The summed E-state index contributed by atoms with van der Waals surface area (Å²) in [6, 6.07) is 0.551. The van der Waals surface area contributed by atoms with Crippen LogP contribution < -0.4 is 5.32 Å². The van der Waals surface area contributed by atoms with Crippen molar-refractivity contribution in [2.75, 3.05) is 13.1 Å². The smallest absolute Gasteiger partial charge is 0.239 e. The first kappa shape index (κ1) is 14.8. The predicted octanol–water partition coefficient (Wildman–Crippen LogP) is 2.80. The van der Waals surface area contributed by atoms with Gasteiger partial charge in [0.2, 0.25) is 5.91 Å². The highest BCUT2D eigenvalue weighted by Crippen LogP contribution is 2.30. The quantitative estimate of drug-likeness (QED) is 0.848. The van der Waals surface area contributed by atoms with Crippen molar-refractivity contribution in [3.63, 3.8) is 0 Å². The average Bonchev–Trinajstić information content (AvgIpc) is 2.92. The van der Waals surface area contributed by atoms with E-state index < -0.39 is 0 Å². The van der Waals surface area contributed by atoms with Gasteiger partial charge in [-0.05, 0) is 57.3 Å². The third-order valence-electron chi connectivity index (χ3n) is 4.99. The molecule has 1 saturated heterocycles. The van der Waals surface area contributed by atoms with E-state index in [9.17, 15) is 4.79 Å². The molecule has 2 aliphatic rings. The second-order valence-corrected chi connectivity index (χ2v) is 6.78. The van der Waals surface area contributed by atoms with E-state index in [4.69, 9.17) is 0 Å². The fourth-order valence-corrected chi connectivity index (χ4v) is 3.59. The molecule has 2 fully saturated rings. The van der Waals surface area contributed by atoms with E-state index in [0.717, 1.165) is 24.9 Å². The van der Waals surface area contributed by atoms with Crippen molar-refractivity contribution in [1.29, 1.82) is 0 Å². The summed E-state index contributed by atoms with van der Waals surface area (Å²) < 4.78 is 0. The highest BCUT2D eigenvalue weighted by atomic mass is 16.2. The van der Waals surface area contributed by atoms with Crippen LogP contribution in [0.3, 0.4) is 0 Å². The molecule has 0 aromatic heterocycles. The maximum atomic E-state index is 12.3. The third kappa shape index (κ3) is 3.95. The van der Waals surface area contributed by atoms with Crippen LogP contribution in [-0.2, 0) is 4.79 Å². The first-order chi connectivity index (χ1) is 9.08. The standard InChI is InChI=1S/C16H30N2O/c1-12(2)14-6-8-15(9-7-14)17-13(3)16(19)18-10-4-5-11-18/h12-15,17H,4-11H2,1-3H3. The number of carbonyl (C=O) groups excluding carboxylic acids is 1. The van der Waals surface area contributed by atoms with Crippen molar-refractivity contribution in [2.45, 2.75) is 71.4 Å². The van der Waals surface area contributed by atoms with Crippen molar-refractivity contribution < 1.29 is 4.79 Å². The van der Waals surface area contributed by atoms with Crippen LogP contribution in [0.15, 0.2) is 0 Å². The number of nitrogens with zero attached hydrogens (tertiary/aromatic N) is 1. The zero-order valence-electron chi connectivity index (χ0n) is 12.8. The van der Waals surface area contributed by atoms with Crippen LogP contribution in [0, 0.1) is 11.8 Å². The van der Waals surface area contributed by atoms with E-state index in [0.29, 0.717) is 11.9 Å². The summed E-state index contributed by atoms with van der Waals surface area (Å²) in [5.41, 5.74) is 0. The Labute approximate surface area is 118 Å². The minimum absolute atomic E-state index is 0.00120. The second-order valence-electron chi connectivity index (χ2n) is 6.78. The molecular formula is C16H30N2O. The van der Waals surface area contributed by atoms with Gasteiger partial charge in [-0.1, -0.05) is 13.8 Å². The number of carbonyl (C=O) groups is 1.